The zero-order valence-electron chi connectivity index (χ0n) is 31.9. The van der Waals surface area contributed by atoms with Gasteiger partial charge in [-0.05, 0) is 57.8 Å². The lowest BCUT2D eigenvalue weighted by Gasteiger charge is -2.41. The summed E-state index contributed by atoms with van der Waals surface area (Å²) in [6, 6.07) is 0. The van der Waals surface area contributed by atoms with E-state index in [1.165, 1.54) is 25.7 Å². The molecule has 0 aromatic heterocycles. The van der Waals surface area contributed by atoms with Gasteiger partial charge in [-0.1, -0.05) is 115 Å². The van der Waals surface area contributed by atoms with Gasteiger partial charge in [0.2, 0.25) is 0 Å². The van der Waals surface area contributed by atoms with E-state index < -0.39 is 59.8 Å². The third-order valence-corrected chi connectivity index (χ3v) is 9.18. The maximum absolute atomic E-state index is 12.7. The van der Waals surface area contributed by atoms with Gasteiger partial charge in [0.25, 0.3) is 0 Å². The van der Waals surface area contributed by atoms with E-state index in [2.05, 4.69) is 54.5 Å². The number of unbranched alkanes of at least 4 members (excludes halogenated alkanes) is 14. The van der Waals surface area contributed by atoms with Crippen LogP contribution in [0.2, 0.25) is 0 Å². The molecule has 0 bridgehead atoms. The van der Waals surface area contributed by atoms with Crippen molar-refractivity contribution >= 4 is 16.4 Å². The zero-order valence-corrected chi connectivity index (χ0v) is 32.7. The first-order valence-corrected chi connectivity index (χ1v) is 21.1. The summed E-state index contributed by atoms with van der Waals surface area (Å²) >= 11 is 0. The van der Waals surface area contributed by atoms with Crippen molar-refractivity contribution in [3.8, 4) is 0 Å². The number of carbonyl (C=O) groups is 1. The second-order valence-electron chi connectivity index (χ2n) is 13.5. The van der Waals surface area contributed by atoms with Crippen LogP contribution in [-0.4, -0.2) is 97.5 Å². The quantitative estimate of drug-likeness (QED) is 0.0232. The number of esters is 1. The topological polar surface area (TPSA) is 178 Å². The Bertz CT molecular complexity index is 1060. The SMILES string of the molecule is CCC/C=C\CCCCCCCC(=O)OC(COCCCCCCCC/C=C\C/C=C\CCCC)COC1OC(CO)C(O)C(OS(=O)(=O)O)C1O. The highest BCUT2D eigenvalue weighted by molar-refractivity contribution is 7.80. The van der Waals surface area contributed by atoms with Crippen LogP contribution in [0.4, 0.5) is 0 Å². The molecular weight excluding hydrogens is 692 g/mol. The average Bonchev–Trinajstić information content (AvgIpc) is 3.11. The van der Waals surface area contributed by atoms with E-state index in [9.17, 15) is 28.5 Å². The summed E-state index contributed by atoms with van der Waals surface area (Å²) < 4.78 is 58.7. The third kappa shape index (κ3) is 25.4. The van der Waals surface area contributed by atoms with Crippen molar-refractivity contribution in [2.45, 2.75) is 179 Å². The van der Waals surface area contributed by atoms with Crippen molar-refractivity contribution in [3.05, 3.63) is 36.5 Å². The highest BCUT2D eigenvalue weighted by atomic mass is 32.3. The number of rotatable bonds is 33. The van der Waals surface area contributed by atoms with Gasteiger partial charge >= 0.3 is 16.4 Å². The number of hydrogen-bond donors (Lipinski definition) is 4. The molecule has 0 aromatic rings. The first-order valence-electron chi connectivity index (χ1n) is 19.7. The molecule has 12 nitrogen and oxygen atoms in total. The van der Waals surface area contributed by atoms with Gasteiger partial charge in [0.15, 0.2) is 6.29 Å². The molecule has 1 heterocycles. The lowest BCUT2D eigenvalue weighted by Crippen LogP contribution is -2.60. The Morgan fingerprint density at radius 1 is 0.731 bits per heavy atom. The summed E-state index contributed by atoms with van der Waals surface area (Å²) in [6.07, 6.45) is 24.8. The average molecular weight is 763 g/mol. The molecule has 6 unspecified atom stereocenters. The predicted octanol–water partition coefficient (Wildman–Crippen LogP) is 7.07. The summed E-state index contributed by atoms with van der Waals surface area (Å²) in [5, 5.41) is 30.5. The minimum Gasteiger partial charge on any atom is -0.457 e. The van der Waals surface area contributed by atoms with Crippen LogP contribution in [0.25, 0.3) is 0 Å². The zero-order chi connectivity index (χ0) is 38.3. The predicted molar refractivity (Wildman–Crippen MR) is 202 cm³/mol. The second-order valence-corrected chi connectivity index (χ2v) is 14.6. The highest BCUT2D eigenvalue weighted by Crippen LogP contribution is 2.26. The van der Waals surface area contributed by atoms with Crippen LogP contribution in [0.5, 0.6) is 0 Å². The fraction of sp³-hybridized carbons (Fsp3) is 0.821. The van der Waals surface area contributed by atoms with Crippen LogP contribution in [-0.2, 0) is 38.3 Å². The van der Waals surface area contributed by atoms with E-state index in [4.69, 9.17) is 23.5 Å². The number of aliphatic hydroxyl groups excluding tert-OH is 3. The molecule has 0 radical (unpaired) electrons. The number of carbonyl (C=O) groups excluding carboxylic acids is 1. The molecule has 13 heteroatoms. The number of allylic oxidation sites excluding steroid dienone is 6. The summed E-state index contributed by atoms with van der Waals surface area (Å²) in [5.74, 6) is -0.417. The van der Waals surface area contributed by atoms with E-state index in [1.54, 1.807) is 0 Å². The molecule has 0 aromatic carbocycles. The fourth-order valence-corrected chi connectivity index (χ4v) is 6.20. The summed E-state index contributed by atoms with van der Waals surface area (Å²) in [6.45, 7) is 3.82. The standard InChI is InChI=1S/C39H70O12S/c1-3-5-7-9-11-13-15-16-17-18-19-21-23-25-27-29-47-31-33(49-35(41)28-26-24-22-20-14-12-10-8-6-4-2)32-48-39-37(43)38(51-52(44,45)46)36(42)34(30-40)50-39/h8-11,15-16,33-34,36-40,42-43H,3-7,12-14,17-32H2,1-2H3,(H,44,45,46)/b10-8-,11-9-,16-15-. The molecule has 0 amide bonds. The van der Waals surface area contributed by atoms with Gasteiger partial charge in [0.05, 0.1) is 19.8 Å². The van der Waals surface area contributed by atoms with Crippen LogP contribution in [0.1, 0.15) is 142 Å². The first-order chi connectivity index (χ1) is 25.1. The van der Waals surface area contributed by atoms with Crippen molar-refractivity contribution in [2.24, 2.45) is 0 Å². The Balaban J connectivity index is 2.50. The van der Waals surface area contributed by atoms with Crippen molar-refractivity contribution in [1.82, 2.24) is 0 Å². The van der Waals surface area contributed by atoms with E-state index in [0.29, 0.717) is 13.0 Å². The Kier molecular flexibility index (Phi) is 29.4. The molecule has 304 valence electrons. The Hall–Kier alpha value is -1.68. The Morgan fingerprint density at radius 3 is 1.92 bits per heavy atom. The molecule has 1 saturated heterocycles. The summed E-state index contributed by atoms with van der Waals surface area (Å²) in [7, 11) is -5.06. The number of ether oxygens (including phenoxy) is 4. The molecule has 1 rings (SSSR count). The largest absolute Gasteiger partial charge is 0.457 e. The van der Waals surface area contributed by atoms with Crippen LogP contribution in [0, 0.1) is 0 Å². The molecule has 1 fully saturated rings. The summed E-state index contributed by atoms with van der Waals surface area (Å²) in [4.78, 5) is 12.7. The first kappa shape index (κ1) is 48.3. The molecule has 0 saturated carbocycles. The monoisotopic (exact) mass is 762 g/mol. The van der Waals surface area contributed by atoms with Crippen molar-refractivity contribution in [1.29, 1.82) is 0 Å². The van der Waals surface area contributed by atoms with Crippen LogP contribution >= 0.6 is 0 Å². The van der Waals surface area contributed by atoms with E-state index in [-0.39, 0.29) is 19.6 Å². The molecule has 6 atom stereocenters. The number of aliphatic hydroxyl groups is 3. The highest BCUT2D eigenvalue weighted by Gasteiger charge is 2.48. The lowest BCUT2D eigenvalue weighted by atomic mass is 9.99. The van der Waals surface area contributed by atoms with Crippen LogP contribution in [0.3, 0.4) is 0 Å². The van der Waals surface area contributed by atoms with E-state index in [1.807, 2.05) is 0 Å². The maximum atomic E-state index is 12.7. The fourth-order valence-electron chi connectivity index (χ4n) is 5.69. The molecule has 1 aliphatic heterocycles. The normalized spacial score (nSPS) is 21.8. The third-order valence-electron chi connectivity index (χ3n) is 8.72. The minimum absolute atomic E-state index is 0.0250. The van der Waals surface area contributed by atoms with E-state index in [0.717, 1.165) is 89.9 Å². The Labute approximate surface area is 313 Å². The van der Waals surface area contributed by atoms with Gasteiger partial charge in [0.1, 0.15) is 30.5 Å². The smallest absolute Gasteiger partial charge is 0.397 e. The molecular formula is C39H70O12S. The molecule has 1 aliphatic rings. The summed E-state index contributed by atoms with van der Waals surface area (Å²) in [5.41, 5.74) is 0. The lowest BCUT2D eigenvalue weighted by molar-refractivity contribution is -0.301. The molecule has 0 aliphatic carbocycles. The van der Waals surface area contributed by atoms with Gasteiger partial charge in [-0.2, -0.15) is 8.42 Å². The van der Waals surface area contributed by atoms with Crippen LogP contribution < -0.4 is 0 Å². The van der Waals surface area contributed by atoms with Gasteiger partial charge < -0.3 is 34.3 Å². The van der Waals surface area contributed by atoms with Crippen LogP contribution in [0.15, 0.2) is 36.5 Å². The van der Waals surface area contributed by atoms with Gasteiger partial charge in [0, 0.05) is 13.0 Å². The molecule has 52 heavy (non-hydrogen) atoms. The van der Waals surface area contributed by atoms with Gasteiger partial charge in [-0.25, -0.2) is 4.18 Å². The molecule has 4 N–H and O–H groups in total. The maximum Gasteiger partial charge on any atom is 0.397 e. The second kappa shape index (κ2) is 31.6. The Morgan fingerprint density at radius 2 is 1.31 bits per heavy atom. The number of hydrogen-bond acceptors (Lipinski definition) is 11. The van der Waals surface area contributed by atoms with Gasteiger partial charge in [-0.3, -0.25) is 9.35 Å². The van der Waals surface area contributed by atoms with Crippen molar-refractivity contribution in [3.63, 3.8) is 0 Å². The van der Waals surface area contributed by atoms with Crippen molar-refractivity contribution in [2.75, 3.05) is 26.4 Å². The van der Waals surface area contributed by atoms with Crippen molar-refractivity contribution < 1.29 is 56.2 Å². The minimum atomic E-state index is -5.06. The molecule has 0 spiro atoms. The van der Waals surface area contributed by atoms with Gasteiger partial charge in [-0.15, -0.1) is 0 Å². The van der Waals surface area contributed by atoms with E-state index >= 15 is 0 Å².